The molecule has 0 spiro atoms. The smallest absolute Gasteiger partial charge is 0.315 e. The van der Waals surface area contributed by atoms with Gasteiger partial charge in [-0.05, 0) is 40.5 Å². The van der Waals surface area contributed by atoms with Crippen molar-refractivity contribution in [3.05, 3.63) is 39.8 Å². The predicted molar refractivity (Wildman–Crippen MR) is 78.3 cm³/mol. The Labute approximate surface area is 122 Å². The van der Waals surface area contributed by atoms with Crippen LogP contribution in [0.5, 0.6) is 0 Å². The number of hydrogen-bond acceptors (Lipinski definition) is 4. The molecule has 0 unspecified atom stereocenters. The molecule has 0 atom stereocenters. The van der Waals surface area contributed by atoms with E-state index < -0.39 is 11.8 Å². The fourth-order valence-electron chi connectivity index (χ4n) is 1.34. The monoisotopic (exact) mass is 339 g/mol. The van der Waals surface area contributed by atoms with Gasteiger partial charge in [-0.3, -0.25) is 14.9 Å². The van der Waals surface area contributed by atoms with Gasteiger partial charge in [-0.1, -0.05) is 6.07 Å². The lowest BCUT2D eigenvalue weighted by molar-refractivity contribution is -0.133. The maximum absolute atomic E-state index is 11.7. The summed E-state index contributed by atoms with van der Waals surface area (Å²) < 4.78 is 0.725. The fourth-order valence-corrected chi connectivity index (χ4v) is 2.46. The summed E-state index contributed by atoms with van der Waals surface area (Å²) in [4.78, 5) is 27.2. The maximum Gasteiger partial charge on any atom is 0.315 e. The van der Waals surface area contributed by atoms with E-state index in [-0.39, 0.29) is 0 Å². The molecule has 2 N–H and O–H groups in total. The van der Waals surface area contributed by atoms with Gasteiger partial charge in [0.1, 0.15) is 0 Å². The quantitative estimate of drug-likeness (QED) is 0.826. The van der Waals surface area contributed by atoms with Crippen molar-refractivity contribution in [2.45, 2.75) is 6.92 Å². The van der Waals surface area contributed by atoms with Gasteiger partial charge in [0.05, 0.1) is 5.69 Å². The Morgan fingerprint density at radius 2 is 2.00 bits per heavy atom. The second kappa shape index (κ2) is 5.94. The highest BCUT2D eigenvalue weighted by Crippen LogP contribution is 2.23. The Morgan fingerprint density at radius 3 is 2.63 bits per heavy atom. The molecule has 0 aliphatic carbocycles. The number of anilines is 2. The Balaban J connectivity index is 2.02. The number of rotatable bonds is 2. The number of halogens is 1. The van der Waals surface area contributed by atoms with E-state index in [9.17, 15) is 9.59 Å². The van der Waals surface area contributed by atoms with E-state index in [0.29, 0.717) is 10.8 Å². The van der Waals surface area contributed by atoms with Crippen molar-refractivity contribution in [3.8, 4) is 0 Å². The van der Waals surface area contributed by atoms with Gasteiger partial charge in [-0.15, -0.1) is 11.3 Å². The van der Waals surface area contributed by atoms with Crippen molar-refractivity contribution in [1.29, 1.82) is 0 Å². The summed E-state index contributed by atoms with van der Waals surface area (Å²) in [5.74, 6) is -1.48. The van der Waals surface area contributed by atoms with Crippen LogP contribution in [0.2, 0.25) is 0 Å². The zero-order chi connectivity index (χ0) is 13.8. The van der Waals surface area contributed by atoms with Crippen molar-refractivity contribution in [2.75, 3.05) is 10.6 Å². The zero-order valence-electron chi connectivity index (χ0n) is 9.94. The van der Waals surface area contributed by atoms with Gasteiger partial charge >= 0.3 is 11.8 Å². The highest BCUT2D eigenvalue weighted by molar-refractivity contribution is 9.10. The lowest BCUT2D eigenvalue weighted by atomic mass is 10.2. The molecular formula is C12H10BrN3O2S. The van der Waals surface area contributed by atoms with Crippen molar-refractivity contribution in [2.24, 2.45) is 0 Å². The van der Waals surface area contributed by atoms with Crippen molar-refractivity contribution >= 4 is 49.9 Å². The fraction of sp³-hybridized carbons (Fsp3) is 0.0833. The topological polar surface area (TPSA) is 71.1 Å². The molecule has 1 aromatic carbocycles. The molecule has 0 saturated heterocycles. The van der Waals surface area contributed by atoms with Crippen molar-refractivity contribution in [3.63, 3.8) is 0 Å². The SMILES string of the molecule is Cc1ccc(NC(=O)C(=O)Nc2nccs2)c(Br)c1. The average molecular weight is 340 g/mol. The number of aryl methyl sites for hydroxylation is 1. The molecule has 0 saturated carbocycles. The first-order chi connectivity index (χ1) is 9.06. The Kier molecular flexibility index (Phi) is 4.28. The number of aromatic nitrogens is 1. The Morgan fingerprint density at radius 1 is 1.26 bits per heavy atom. The van der Waals surface area contributed by atoms with Crippen LogP contribution in [0.4, 0.5) is 10.8 Å². The number of hydrogen-bond donors (Lipinski definition) is 2. The van der Waals surface area contributed by atoms with E-state index in [0.717, 1.165) is 10.0 Å². The van der Waals surface area contributed by atoms with Gasteiger partial charge in [0, 0.05) is 16.0 Å². The zero-order valence-corrected chi connectivity index (χ0v) is 12.3. The average Bonchev–Trinajstić information content (AvgIpc) is 2.85. The first-order valence-electron chi connectivity index (χ1n) is 5.34. The van der Waals surface area contributed by atoms with Crippen LogP contribution in [0.1, 0.15) is 5.56 Å². The van der Waals surface area contributed by atoms with Crippen LogP contribution >= 0.6 is 27.3 Å². The van der Waals surface area contributed by atoms with E-state index in [1.807, 2.05) is 19.1 Å². The van der Waals surface area contributed by atoms with Gasteiger partial charge in [0.25, 0.3) is 0 Å². The normalized spacial score (nSPS) is 10.0. The van der Waals surface area contributed by atoms with Gasteiger partial charge in [0.2, 0.25) is 0 Å². The Hall–Kier alpha value is -1.73. The van der Waals surface area contributed by atoms with Crippen LogP contribution in [0.15, 0.2) is 34.2 Å². The van der Waals surface area contributed by atoms with E-state index in [4.69, 9.17) is 0 Å². The molecule has 2 amide bonds. The van der Waals surface area contributed by atoms with E-state index in [1.165, 1.54) is 11.3 Å². The number of carbonyl (C=O) groups is 2. The molecule has 2 aromatic rings. The summed E-state index contributed by atoms with van der Waals surface area (Å²) in [5.41, 5.74) is 1.60. The summed E-state index contributed by atoms with van der Waals surface area (Å²) >= 11 is 4.58. The van der Waals surface area contributed by atoms with Crippen LogP contribution in [0.3, 0.4) is 0 Å². The first kappa shape index (κ1) is 13.7. The standard InChI is InChI=1S/C12H10BrN3O2S/c1-7-2-3-9(8(13)6-7)15-10(17)11(18)16-12-14-4-5-19-12/h2-6H,1H3,(H,15,17)(H,14,16,18). The minimum absolute atomic E-state index is 0.392. The molecule has 5 nitrogen and oxygen atoms in total. The van der Waals surface area contributed by atoms with E-state index >= 15 is 0 Å². The van der Waals surface area contributed by atoms with Crippen LogP contribution in [-0.4, -0.2) is 16.8 Å². The summed E-state index contributed by atoms with van der Waals surface area (Å²) in [7, 11) is 0. The van der Waals surface area contributed by atoms with Crippen LogP contribution in [0, 0.1) is 6.92 Å². The number of thiazole rings is 1. The van der Waals surface area contributed by atoms with Gasteiger partial charge in [0.15, 0.2) is 5.13 Å². The van der Waals surface area contributed by atoms with Gasteiger partial charge in [-0.25, -0.2) is 4.98 Å². The van der Waals surface area contributed by atoms with Gasteiger partial charge < -0.3 is 5.32 Å². The van der Waals surface area contributed by atoms with Crippen molar-refractivity contribution < 1.29 is 9.59 Å². The Bertz CT molecular complexity index is 613. The van der Waals surface area contributed by atoms with Crippen molar-refractivity contribution in [1.82, 2.24) is 4.98 Å². The number of carbonyl (C=O) groups excluding carboxylic acids is 2. The number of nitrogens with one attached hydrogen (secondary N) is 2. The third kappa shape index (κ3) is 3.62. The number of amides is 2. The minimum atomic E-state index is -0.748. The molecule has 7 heteroatoms. The number of nitrogens with zero attached hydrogens (tertiary/aromatic N) is 1. The molecule has 0 aliphatic heterocycles. The highest BCUT2D eigenvalue weighted by atomic mass is 79.9. The molecule has 1 aromatic heterocycles. The van der Waals surface area contributed by atoms with E-state index in [1.54, 1.807) is 17.6 Å². The summed E-state index contributed by atoms with van der Waals surface area (Å²) in [5, 5.41) is 7.05. The molecule has 0 fully saturated rings. The molecule has 98 valence electrons. The summed E-state index contributed by atoms with van der Waals surface area (Å²) in [6, 6.07) is 5.43. The van der Waals surface area contributed by atoms with Crippen LogP contribution in [-0.2, 0) is 9.59 Å². The molecular weight excluding hydrogens is 330 g/mol. The third-order valence-electron chi connectivity index (χ3n) is 2.23. The summed E-state index contributed by atoms with van der Waals surface area (Å²) in [6.07, 6.45) is 1.55. The lowest BCUT2D eigenvalue weighted by Crippen LogP contribution is -2.29. The van der Waals surface area contributed by atoms with Crippen LogP contribution in [0.25, 0.3) is 0 Å². The molecule has 19 heavy (non-hydrogen) atoms. The second-order valence-corrected chi connectivity index (χ2v) is 5.48. The second-order valence-electron chi connectivity index (χ2n) is 3.73. The molecule has 0 aliphatic rings. The molecule has 0 radical (unpaired) electrons. The number of benzene rings is 1. The minimum Gasteiger partial charge on any atom is -0.317 e. The highest BCUT2D eigenvalue weighted by Gasteiger charge is 2.16. The van der Waals surface area contributed by atoms with E-state index in [2.05, 4.69) is 31.5 Å². The summed E-state index contributed by atoms with van der Waals surface area (Å²) in [6.45, 7) is 1.94. The predicted octanol–water partition coefficient (Wildman–Crippen LogP) is 2.79. The lowest BCUT2D eigenvalue weighted by Gasteiger charge is -2.07. The van der Waals surface area contributed by atoms with Gasteiger partial charge in [-0.2, -0.15) is 0 Å². The van der Waals surface area contributed by atoms with Crippen LogP contribution < -0.4 is 10.6 Å². The largest absolute Gasteiger partial charge is 0.317 e. The molecule has 0 bridgehead atoms. The first-order valence-corrected chi connectivity index (χ1v) is 7.01. The third-order valence-corrected chi connectivity index (χ3v) is 3.58. The maximum atomic E-state index is 11.7. The molecule has 2 rings (SSSR count). The molecule has 1 heterocycles.